The molecular formula is C21H27N3O4. The number of ether oxygens (including phenoxy) is 1. The second-order valence-corrected chi connectivity index (χ2v) is 6.72. The lowest BCUT2D eigenvalue weighted by atomic mass is 10.1. The van der Waals surface area contributed by atoms with Gasteiger partial charge in [-0.15, -0.1) is 0 Å². The highest BCUT2D eigenvalue weighted by molar-refractivity contribution is 6.01. The average Bonchev–Trinajstić information content (AvgIpc) is 2.98. The van der Waals surface area contributed by atoms with Gasteiger partial charge in [0.25, 0.3) is 5.91 Å². The Hall–Kier alpha value is -3.09. The van der Waals surface area contributed by atoms with E-state index >= 15 is 0 Å². The van der Waals surface area contributed by atoms with Crippen molar-refractivity contribution in [3.05, 3.63) is 52.8 Å². The van der Waals surface area contributed by atoms with Crippen LogP contribution in [0.2, 0.25) is 0 Å². The molecule has 0 atom stereocenters. The van der Waals surface area contributed by atoms with Crippen molar-refractivity contribution in [1.82, 2.24) is 10.3 Å². The minimum absolute atomic E-state index is 0.122. The molecule has 2 N–H and O–H groups in total. The maximum absolute atomic E-state index is 12.2. The van der Waals surface area contributed by atoms with Gasteiger partial charge in [-0.25, -0.2) is 4.79 Å². The molecule has 1 heterocycles. The first-order chi connectivity index (χ1) is 13.3. The molecule has 2 rings (SSSR count). The smallest absolute Gasteiger partial charge is 0.355 e. The molecule has 150 valence electrons. The number of Topliss-reactive ketones (excluding diaryl/α,β-unsaturated/α-hetero) is 1. The van der Waals surface area contributed by atoms with Crippen LogP contribution in [0.1, 0.15) is 45.4 Å². The van der Waals surface area contributed by atoms with Crippen molar-refractivity contribution in [3.8, 4) is 0 Å². The molecule has 1 aromatic heterocycles. The molecule has 0 saturated heterocycles. The van der Waals surface area contributed by atoms with Gasteiger partial charge < -0.3 is 19.9 Å². The third-order valence-corrected chi connectivity index (χ3v) is 4.52. The molecule has 0 aliphatic heterocycles. The summed E-state index contributed by atoms with van der Waals surface area (Å²) in [5.41, 5.74) is 2.96. The predicted molar refractivity (Wildman–Crippen MR) is 108 cm³/mol. The van der Waals surface area contributed by atoms with E-state index in [9.17, 15) is 14.4 Å². The summed E-state index contributed by atoms with van der Waals surface area (Å²) in [4.78, 5) is 40.7. The van der Waals surface area contributed by atoms with E-state index in [-0.39, 0.29) is 24.0 Å². The first-order valence-corrected chi connectivity index (χ1v) is 9.21. The zero-order valence-electron chi connectivity index (χ0n) is 16.8. The van der Waals surface area contributed by atoms with Crippen LogP contribution in [0.5, 0.6) is 0 Å². The Morgan fingerprint density at radius 1 is 1.14 bits per heavy atom. The van der Waals surface area contributed by atoms with E-state index in [4.69, 9.17) is 4.74 Å². The number of hydrogen-bond donors (Lipinski definition) is 2. The fourth-order valence-electron chi connectivity index (χ4n) is 3.09. The Morgan fingerprint density at radius 3 is 2.43 bits per heavy atom. The number of esters is 1. The lowest BCUT2D eigenvalue weighted by Gasteiger charge is -2.19. The highest BCUT2D eigenvalue weighted by Crippen LogP contribution is 2.19. The molecule has 28 heavy (non-hydrogen) atoms. The molecule has 0 fully saturated rings. The largest absolute Gasteiger partial charge is 0.451 e. The molecule has 1 amide bonds. The second kappa shape index (κ2) is 9.73. The summed E-state index contributed by atoms with van der Waals surface area (Å²) < 4.78 is 5.06. The topological polar surface area (TPSA) is 91.5 Å². The van der Waals surface area contributed by atoms with Crippen LogP contribution in [0.15, 0.2) is 30.3 Å². The number of ketones is 1. The highest BCUT2D eigenvalue weighted by atomic mass is 16.5. The van der Waals surface area contributed by atoms with Gasteiger partial charge in [-0.05, 0) is 44.9 Å². The fraction of sp³-hybridized carbons (Fsp3) is 0.381. The number of aryl methyl sites for hydroxylation is 1. The van der Waals surface area contributed by atoms with Crippen LogP contribution in [0.4, 0.5) is 5.69 Å². The maximum Gasteiger partial charge on any atom is 0.355 e. The minimum Gasteiger partial charge on any atom is -0.451 e. The Balaban J connectivity index is 1.73. The van der Waals surface area contributed by atoms with Crippen LogP contribution < -0.4 is 10.2 Å². The Labute approximate surface area is 165 Å². The van der Waals surface area contributed by atoms with E-state index in [1.165, 1.54) is 6.92 Å². The number of benzene rings is 1. The molecule has 0 radical (unpaired) electrons. The SMILES string of the molecule is CC(=O)c1c(C)[nH]c(C(=O)OCC(=O)NCCCN(C)c2ccccc2)c1C. The zero-order chi connectivity index (χ0) is 20.7. The average molecular weight is 385 g/mol. The van der Waals surface area contributed by atoms with Gasteiger partial charge in [0.05, 0.1) is 0 Å². The number of para-hydroxylation sites is 1. The molecular weight excluding hydrogens is 358 g/mol. The molecule has 0 aliphatic carbocycles. The Bertz CT molecular complexity index is 843. The van der Waals surface area contributed by atoms with E-state index in [1.807, 2.05) is 37.4 Å². The normalized spacial score (nSPS) is 10.4. The van der Waals surface area contributed by atoms with Gasteiger partial charge in [-0.3, -0.25) is 9.59 Å². The maximum atomic E-state index is 12.2. The molecule has 0 spiro atoms. The molecule has 0 saturated carbocycles. The quantitative estimate of drug-likeness (QED) is 0.393. The van der Waals surface area contributed by atoms with Gasteiger partial charge in [0, 0.05) is 37.1 Å². The van der Waals surface area contributed by atoms with Gasteiger partial charge in [0.15, 0.2) is 12.4 Å². The number of carbonyl (C=O) groups excluding carboxylic acids is 3. The molecule has 7 nitrogen and oxygen atoms in total. The highest BCUT2D eigenvalue weighted by Gasteiger charge is 2.21. The third-order valence-electron chi connectivity index (χ3n) is 4.52. The van der Waals surface area contributed by atoms with Gasteiger partial charge in [0.1, 0.15) is 5.69 Å². The summed E-state index contributed by atoms with van der Waals surface area (Å²) in [6.07, 6.45) is 0.766. The van der Waals surface area contributed by atoms with Crippen molar-refractivity contribution in [2.75, 3.05) is 31.6 Å². The van der Waals surface area contributed by atoms with E-state index in [0.29, 0.717) is 23.4 Å². The summed E-state index contributed by atoms with van der Waals surface area (Å²) in [6.45, 7) is 5.77. The number of aromatic nitrogens is 1. The second-order valence-electron chi connectivity index (χ2n) is 6.72. The van der Waals surface area contributed by atoms with Gasteiger partial charge in [0.2, 0.25) is 0 Å². The molecule has 0 unspecified atom stereocenters. The first kappa shape index (κ1) is 21.2. The van der Waals surface area contributed by atoms with Crippen molar-refractivity contribution >= 4 is 23.3 Å². The number of amides is 1. The van der Waals surface area contributed by atoms with Gasteiger partial charge >= 0.3 is 5.97 Å². The van der Waals surface area contributed by atoms with Gasteiger partial charge in [-0.2, -0.15) is 0 Å². The first-order valence-electron chi connectivity index (χ1n) is 9.21. The predicted octanol–water partition coefficient (Wildman–Crippen LogP) is 2.63. The number of carbonyl (C=O) groups is 3. The summed E-state index contributed by atoms with van der Waals surface area (Å²) in [7, 11) is 1.99. The standard InChI is InChI=1S/C21H27N3O4/c1-14-19(16(3)25)15(2)23-20(14)21(27)28-13-18(26)22-11-8-12-24(4)17-9-6-5-7-10-17/h5-7,9-10,23H,8,11-13H2,1-4H3,(H,22,26). The summed E-state index contributed by atoms with van der Waals surface area (Å²) in [5, 5.41) is 2.74. The lowest BCUT2D eigenvalue weighted by Crippen LogP contribution is -2.31. The van der Waals surface area contributed by atoms with E-state index in [0.717, 1.165) is 18.7 Å². The van der Waals surface area contributed by atoms with Crippen LogP contribution in [-0.4, -0.2) is 49.4 Å². The lowest BCUT2D eigenvalue weighted by molar-refractivity contribution is -0.124. The van der Waals surface area contributed by atoms with Crippen LogP contribution in [0.3, 0.4) is 0 Å². The molecule has 1 aromatic carbocycles. The van der Waals surface area contributed by atoms with Crippen molar-refractivity contribution in [3.63, 3.8) is 0 Å². The fourth-order valence-corrected chi connectivity index (χ4v) is 3.09. The van der Waals surface area contributed by atoms with Crippen LogP contribution in [0, 0.1) is 13.8 Å². The number of anilines is 1. The summed E-state index contributed by atoms with van der Waals surface area (Å²) >= 11 is 0. The van der Waals surface area contributed by atoms with Crippen molar-refractivity contribution < 1.29 is 19.1 Å². The third kappa shape index (κ3) is 5.45. The summed E-state index contributed by atoms with van der Waals surface area (Å²) in [6, 6.07) is 9.99. The monoisotopic (exact) mass is 385 g/mol. The van der Waals surface area contributed by atoms with Crippen molar-refractivity contribution in [2.45, 2.75) is 27.2 Å². The Kier molecular flexibility index (Phi) is 7.37. The van der Waals surface area contributed by atoms with E-state index < -0.39 is 5.97 Å². The minimum atomic E-state index is -0.646. The molecule has 7 heteroatoms. The van der Waals surface area contributed by atoms with Crippen LogP contribution in [0.25, 0.3) is 0 Å². The number of nitrogens with one attached hydrogen (secondary N) is 2. The number of nitrogens with zero attached hydrogens (tertiary/aromatic N) is 1. The van der Waals surface area contributed by atoms with Gasteiger partial charge in [-0.1, -0.05) is 18.2 Å². The van der Waals surface area contributed by atoms with E-state index in [1.54, 1.807) is 13.8 Å². The number of H-pyrrole nitrogens is 1. The van der Waals surface area contributed by atoms with Crippen molar-refractivity contribution in [1.29, 1.82) is 0 Å². The molecule has 2 aromatic rings. The summed E-state index contributed by atoms with van der Waals surface area (Å²) in [5.74, 6) is -1.13. The van der Waals surface area contributed by atoms with Crippen LogP contribution in [-0.2, 0) is 9.53 Å². The number of aromatic amines is 1. The van der Waals surface area contributed by atoms with E-state index in [2.05, 4.69) is 15.2 Å². The Morgan fingerprint density at radius 2 is 1.82 bits per heavy atom. The molecule has 0 aliphatic rings. The number of hydrogen-bond acceptors (Lipinski definition) is 5. The van der Waals surface area contributed by atoms with Crippen LogP contribution >= 0.6 is 0 Å². The van der Waals surface area contributed by atoms with Crippen molar-refractivity contribution in [2.24, 2.45) is 0 Å². The molecule has 0 bridgehead atoms. The zero-order valence-corrected chi connectivity index (χ0v) is 16.8. The number of rotatable bonds is 9.